The Morgan fingerprint density at radius 3 is 2.58 bits per heavy atom. The van der Waals surface area contributed by atoms with Gasteiger partial charge in [0.05, 0.1) is 17.2 Å². The minimum absolute atomic E-state index is 0.106. The normalized spacial score (nSPS) is 12.8. The number of hydrogen-bond acceptors (Lipinski definition) is 2. The van der Waals surface area contributed by atoms with Crippen molar-refractivity contribution < 1.29 is 13.2 Å². The molecule has 0 aromatic heterocycles. The van der Waals surface area contributed by atoms with Crippen LogP contribution in [0.1, 0.15) is 44.2 Å². The maximum atomic E-state index is 12.8. The number of alkyl halides is 3. The van der Waals surface area contributed by atoms with Gasteiger partial charge in [-0.2, -0.15) is 18.4 Å². The quantitative estimate of drug-likeness (QED) is 0.850. The van der Waals surface area contributed by atoms with E-state index < -0.39 is 11.7 Å². The molecule has 1 N–H and O–H groups in total. The van der Waals surface area contributed by atoms with Crippen molar-refractivity contribution in [2.75, 3.05) is 5.32 Å². The van der Waals surface area contributed by atoms with Crippen LogP contribution in [0.25, 0.3) is 0 Å². The van der Waals surface area contributed by atoms with E-state index in [0.29, 0.717) is 5.69 Å². The van der Waals surface area contributed by atoms with Crippen LogP contribution in [0, 0.1) is 11.3 Å². The molecule has 1 aromatic rings. The standard InChI is InChI=1S/C14H17F3N2/c1-3-4-5-10(2)19-12-7-6-11(9-18)13(8-12)14(15,16)17/h6-8,10,19H,3-5H2,1-2H3. The molecule has 0 aliphatic heterocycles. The second-order valence-electron chi connectivity index (χ2n) is 4.56. The molecule has 5 heteroatoms. The Hall–Kier alpha value is -1.70. The van der Waals surface area contributed by atoms with Crippen LogP contribution in [0.2, 0.25) is 0 Å². The van der Waals surface area contributed by atoms with Crippen molar-refractivity contribution in [3.8, 4) is 6.07 Å². The average Bonchev–Trinajstić information content (AvgIpc) is 2.35. The number of anilines is 1. The molecule has 1 unspecified atom stereocenters. The number of nitrogens with zero attached hydrogens (tertiary/aromatic N) is 1. The van der Waals surface area contributed by atoms with Gasteiger partial charge in [-0.15, -0.1) is 0 Å². The molecule has 0 fully saturated rings. The zero-order valence-corrected chi connectivity index (χ0v) is 11.0. The van der Waals surface area contributed by atoms with Gasteiger partial charge in [-0.05, 0) is 31.5 Å². The molecule has 2 nitrogen and oxygen atoms in total. The Kier molecular flexibility index (Phi) is 5.22. The Bertz CT molecular complexity index is 461. The average molecular weight is 270 g/mol. The molecule has 1 aromatic carbocycles. The minimum Gasteiger partial charge on any atom is -0.383 e. The molecule has 19 heavy (non-hydrogen) atoms. The summed E-state index contributed by atoms with van der Waals surface area (Å²) in [5.74, 6) is 0. The summed E-state index contributed by atoms with van der Waals surface area (Å²) >= 11 is 0. The van der Waals surface area contributed by atoms with Gasteiger partial charge in [-0.25, -0.2) is 0 Å². The fraction of sp³-hybridized carbons (Fsp3) is 0.500. The zero-order chi connectivity index (χ0) is 14.5. The van der Waals surface area contributed by atoms with Crippen molar-refractivity contribution in [3.63, 3.8) is 0 Å². The highest BCUT2D eigenvalue weighted by molar-refractivity contribution is 5.53. The van der Waals surface area contributed by atoms with Gasteiger partial charge >= 0.3 is 6.18 Å². The summed E-state index contributed by atoms with van der Waals surface area (Å²) in [5.41, 5.74) is -0.836. The van der Waals surface area contributed by atoms with Crippen molar-refractivity contribution >= 4 is 5.69 Å². The lowest BCUT2D eigenvalue weighted by Gasteiger charge is -2.17. The van der Waals surface area contributed by atoms with E-state index in [1.807, 2.05) is 6.92 Å². The molecular formula is C14H17F3N2. The zero-order valence-electron chi connectivity index (χ0n) is 11.0. The van der Waals surface area contributed by atoms with Crippen molar-refractivity contribution in [2.45, 2.75) is 45.3 Å². The van der Waals surface area contributed by atoms with E-state index in [-0.39, 0.29) is 11.6 Å². The first-order chi connectivity index (χ1) is 8.88. The molecular weight excluding hydrogens is 253 g/mol. The number of nitrogens with one attached hydrogen (secondary N) is 1. The second-order valence-corrected chi connectivity index (χ2v) is 4.56. The molecule has 0 radical (unpaired) electrons. The fourth-order valence-corrected chi connectivity index (χ4v) is 1.83. The molecule has 104 valence electrons. The third kappa shape index (κ3) is 4.47. The summed E-state index contributed by atoms with van der Waals surface area (Å²) in [7, 11) is 0. The van der Waals surface area contributed by atoms with E-state index in [9.17, 15) is 13.2 Å². The number of unbranched alkanes of at least 4 members (excludes halogenated alkanes) is 1. The number of benzene rings is 1. The van der Waals surface area contributed by atoms with Crippen LogP contribution in [-0.4, -0.2) is 6.04 Å². The van der Waals surface area contributed by atoms with Crippen molar-refractivity contribution in [3.05, 3.63) is 29.3 Å². The first-order valence-corrected chi connectivity index (χ1v) is 6.26. The van der Waals surface area contributed by atoms with Gasteiger partial charge in [-0.1, -0.05) is 19.8 Å². The SMILES string of the molecule is CCCCC(C)Nc1ccc(C#N)c(C(F)(F)F)c1. The lowest BCUT2D eigenvalue weighted by molar-refractivity contribution is -0.137. The van der Waals surface area contributed by atoms with Crippen molar-refractivity contribution in [2.24, 2.45) is 0 Å². The molecule has 0 spiro atoms. The van der Waals surface area contributed by atoms with Crippen LogP contribution in [0.3, 0.4) is 0 Å². The summed E-state index contributed by atoms with van der Waals surface area (Å²) in [6.07, 6.45) is -1.53. The third-order valence-electron chi connectivity index (χ3n) is 2.85. The second kappa shape index (κ2) is 6.46. The first-order valence-electron chi connectivity index (χ1n) is 6.26. The van der Waals surface area contributed by atoms with Crippen LogP contribution in [-0.2, 0) is 6.18 Å². The highest BCUT2D eigenvalue weighted by Gasteiger charge is 2.33. The number of nitriles is 1. The van der Waals surface area contributed by atoms with Crippen LogP contribution in [0.15, 0.2) is 18.2 Å². The minimum atomic E-state index is -4.50. The Morgan fingerprint density at radius 1 is 1.37 bits per heavy atom. The molecule has 1 rings (SSSR count). The van der Waals surface area contributed by atoms with E-state index in [2.05, 4.69) is 12.2 Å². The Balaban J connectivity index is 2.91. The maximum Gasteiger partial charge on any atom is 0.417 e. The van der Waals surface area contributed by atoms with E-state index in [1.165, 1.54) is 12.1 Å². The molecule has 0 bridgehead atoms. The summed E-state index contributed by atoms with van der Waals surface area (Å²) in [6.45, 7) is 4.00. The monoisotopic (exact) mass is 270 g/mol. The molecule has 0 saturated heterocycles. The van der Waals surface area contributed by atoms with Crippen molar-refractivity contribution in [1.29, 1.82) is 5.26 Å². The number of halogens is 3. The topological polar surface area (TPSA) is 35.8 Å². The van der Waals surface area contributed by atoms with Crippen LogP contribution >= 0.6 is 0 Å². The summed E-state index contributed by atoms with van der Waals surface area (Å²) in [5, 5.41) is 11.7. The molecule has 0 aliphatic rings. The van der Waals surface area contributed by atoms with E-state index in [0.717, 1.165) is 25.3 Å². The highest BCUT2D eigenvalue weighted by atomic mass is 19.4. The van der Waals surface area contributed by atoms with Gasteiger partial charge in [0.15, 0.2) is 0 Å². The summed E-state index contributed by atoms with van der Waals surface area (Å²) in [6, 6.07) is 5.39. The predicted molar refractivity (Wildman–Crippen MR) is 68.8 cm³/mol. The first kappa shape index (κ1) is 15.4. The molecule has 0 heterocycles. The number of hydrogen-bond donors (Lipinski definition) is 1. The van der Waals surface area contributed by atoms with Gasteiger partial charge in [0, 0.05) is 11.7 Å². The largest absolute Gasteiger partial charge is 0.417 e. The van der Waals surface area contributed by atoms with Gasteiger partial charge in [-0.3, -0.25) is 0 Å². The van der Waals surface area contributed by atoms with E-state index in [1.54, 1.807) is 6.07 Å². The smallest absolute Gasteiger partial charge is 0.383 e. The molecule has 0 aliphatic carbocycles. The van der Waals surface area contributed by atoms with Crippen LogP contribution in [0.4, 0.5) is 18.9 Å². The van der Waals surface area contributed by atoms with Gasteiger partial charge in [0.1, 0.15) is 0 Å². The van der Waals surface area contributed by atoms with Crippen LogP contribution < -0.4 is 5.32 Å². The lowest BCUT2D eigenvalue weighted by atomic mass is 10.1. The fourth-order valence-electron chi connectivity index (χ4n) is 1.83. The van der Waals surface area contributed by atoms with E-state index in [4.69, 9.17) is 5.26 Å². The molecule has 0 saturated carbocycles. The Labute approximate surface area is 111 Å². The summed E-state index contributed by atoms with van der Waals surface area (Å²) < 4.78 is 38.3. The lowest BCUT2D eigenvalue weighted by Crippen LogP contribution is -2.16. The third-order valence-corrected chi connectivity index (χ3v) is 2.85. The van der Waals surface area contributed by atoms with Crippen LogP contribution in [0.5, 0.6) is 0 Å². The highest BCUT2D eigenvalue weighted by Crippen LogP contribution is 2.33. The van der Waals surface area contributed by atoms with Gasteiger partial charge in [0.25, 0.3) is 0 Å². The van der Waals surface area contributed by atoms with Gasteiger partial charge in [0.2, 0.25) is 0 Å². The van der Waals surface area contributed by atoms with Gasteiger partial charge < -0.3 is 5.32 Å². The number of rotatable bonds is 5. The Morgan fingerprint density at radius 2 is 2.05 bits per heavy atom. The summed E-state index contributed by atoms with van der Waals surface area (Å²) in [4.78, 5) is 0. The predicted octanol–water partition coefficient (Wildman–Crippen LogP) is 4.57. The van der Waals surface area contributed by atoms with E-state index >= 15 is 0 Å². The molecule has 0 amide bonds. The van der Waals surface area contributed by atoms with Crippen molar-refractivity contribution in [1.82, 2.24) is 0 Å². The molecule has 1 atom stereocenters. The maximum absolute atomic E-state index is 12.8.